The number of ether oxygens (including phenoxy) is 1. The third kappa shape index (κ3) is 3.81. The number of rotatable bonds is 5. The average Bonchev–Trinajstić information content (AvgIpc) is 2.41. The fourth-order valence-corrected chi connectivity index (χ4v) is 1.95. The largest absolute Gasteiger partial charge is 0.380 e. The monoisotopic (exact) mass is 276 g/mol. The van der Waals surface area contributed by atoms with Crippen molar-refractivity contribution < 1.29 is 14.3 Å². The highest BCUT2D eigenvalue weighted by atomic mass is 16.5. The Morgan fingerprint density at radius 3 is 2.35 bits per heavy atom. The van der Waals surface area contributed by atoms with Gasteiger partial charge in [-0.15, -0.1) is 0 Å². The fraction of sp³-hybridized carbons (Fsp3) is 0.467. The lowest BCUT2D eigenvalue weighted by molar-refractivity contribution is -0.119. The number of benzene rings is 1. The summed E-state index contributed by atoms with van der Waals surface area (Å²) in [5, 5.41) is 5.64. The molecule has 20 heavy (non-hydrogen) atoms. The molecular formula is C15H20N2O3. The van der Waals surface area contributed by atoms with Gasteiger partial charge >= 0.3 is 0 Å². The number of nitrogens with one attached hydrogen (secondary N) is 2. The van der Waals surface area contributed by atoms with Crippen LogP contribution >= 0.6 is 0 Å². The normalized spacial score (nSPS) is 16.1. The van der Waals surface area contributed by atoms with Crippen LogP contribution in [-0.4, -0.2) is 31.6 Å². The molecule has 108 valence electrons. The lowest BCUT2D eigenvalue weighted by Crippen LogP contribution is -2.48. The fourth-order valence-electron chi connectivity index (χ4n) is 1.95. The summed E-state index contributed by atoms with van der Waals surface area (Å²) in [6, 6.07) is 7.23. The van der Waals surface area contributed by atoms with E-state index in [9.17, 15) is 9.59 Å². The molecule has 1 heterocycles. The minimum absolute atomic E-state index is 0.0669. The molecular weight excluding hydrogens is 256 g/mol. The molecule has 0 saturated carbocycles. The Morgan fingerprint density at radius 1 is 1.20 bits per heavy atom. The van der Waals surface area contributed by atoms with E-state index in [1.807, 2.05) is 12.1 Å². The van der Waals surface area contributed by atoms with Gasteiger partial charge in [0.25, 0.3) is 5.91 Å². The highest BCUT2D eigenvalue weighted by molar-refractivity contribution is 5.94. The number of amides is 2. The van der Waals surface area contributed by atoms with E-state index >= 15 is 0 Å². The Hall–Kier alpha value is -1.88. The van der Waals surface area contributed by atoms with E-state index < -0.39 is 0 Å². The van der Waals surface area contributed by atoms with Gasteiger partial charge in [0.2, 0.25) is 5.91 Å². The van der Waals surface area contributed by atoms with E-state index in [1.54, 1.807) is 12.1 Å². The molecule has 0 radical (unpaired) electrons. The number of carbonyl (C=O) groups excluding carboxylic acids is 2. The zero-order chi connectivity index (χ0) is 14.6. The number of carbonyl (C=O) groups is 2. The summed E-state index contributed by atoms with van der Waals surface area (Å²) in [7, 11) is 0. The van der Waals surface area contributed by atoms with Crippen LogP contribution in [0.3, 0.4) is 0 Å². The minimum Gasteiger partial charge on any atom is -0.380 e. The van der Waals surface area contributed by atoms with Gasteiger partial charge in [0.05, 0.1) is 13.2 Å². The van der Waals surface area contributed by atoms with Crippen LogP contribution in [-0.2, 0) is 16.1 Å². The molecule has 5 heteroatoms. The van der Waals surface area contributed by atoms with Crippen molar-refractivity contribution in [2.45, 2.75) is 20.4 Å². The molecule has 1 fully saturated rings. The summed E-state index contributed by atoms with van der Waals surface area (Å²) in [5.74, 6) is -0.146. The van der Waals surface area contributed by atoms with Crippen LogP contribution in [0, 0.1) is 5.41 Å². The first-order valence-electron chi connectivity index (χ1n) is 6.68. The quantitative estimate of drug-likeness (QED) is 0.846. The molecule has 1 aliphatic heterocycles. The maximum Gasteiger partial charge on any atom is 0.251 e. The van der Waals surface area contributed by atoms with Gasteiger partial charge in [-0.1, -0.05) is 19.1 Å². The molecule has 0 unspecified atom stereocenters. The van der Waals surface area contributed by atoms with Gasteiger partial charge in [0.15, 0.2) is 0 Å². The molecule has 0 atom stereocenters. The molecule has 1 saturated heterocycles. The molecule has 5 nitrogen and oxygen atoms in total. The van der Waals surface area contributed by atoms with E-state index in [0.29, 0.717) is 31.9 Å². The summed E-state index contributed by atoms with van der Waals surface area (Å²) < 4.78 is 5.15. The first kappa shape index (κ1) is 14.5. The first-order chi connectivity index (χ1) is 9.48. The van der Waals surface area contributed by atoms with Crippen molar-refractivity contribution in [3.63, 3.8) is 0 Å². The lowest BCUT2D eigenvalue weighted by atomic mass is 9.88. The Kier molecular flexibility index (Phi) is 4.39. The molecule has 0 aliphatic carbocycles. The molecule has 2 amide bonds. The lowest BCUT2D eigenvalue weighted by Gasteiger charge is -2.38. The van der Waals surface area contributed by atoms with Gasteiger partial charge in [-0.2, -0.15) is 0 Å². The van der Waals surface area contributed by atoms with Gasteiger partial charge in [-0.25, -0.2) is 0 Å². The summed E-state index contributed by atoms with van der Waals surface area (Å²) in [6.45, 7) is 6.07. The van der Waals surface area contributed by atoms with E-state index in [1.165, 1.54) is 6.92 Å². The summed E-state index contributed by atoms with van der Waals surface area (Å²) in [5.41, 5.74) is 1.66. The van der Waals surface area contributed by atoms with Crippen LogP contribution in [0.1, 0.15) is 29.8 Å². The van der Waals surface area contributed by atoms with E-state index in [4.69, 9.17) is 4.74 Å². The van der Waals surface area contributed by atoms with E-state index in [0.717, 1.165) is 5.56 Å². The Balaban J connectivity index is 1.85. The highest BCUT2D eigenvalue weighted by Crippen LogP contribution is 2.25. The van der Waals surface area contributed by atoms with E-state index in [-0.39, 0.29) is 17.2 Å². The van der Waals surface area contributed by atoms with Gasteiger partial charge in [0, 0.05) is 31.0 Å². The summed E-state index contributed by atoms with van der Waals surface area (Å²) in [6.07, 6.45) is 0. The predicted molar refractivity (Wildman–Crippen MR) is 75.2 cm³/mol. The van der Waals surface area contributed by atoms with Crippen molar-refractivity contribution in [1.29, 1.82) is 0 Å². The average molecular weight is 276 g/mol. The van der Waals surface area contributed by atoms with Crippen LogP contribution < -0.4 is 10.6 Å². The third-order valence-corrected chi connectivity index (χ3v) is 3.33. The first-order valence-corrected chi connectivity index (χ1v) is 6.68. The molecule has 1 aliphatic rings. The standard InChI is InChI=1S/C15H20N2O3/c1-11(18)16-7-12-3-5-13(6-4-12)14(19)17-8-15(2)9-20-10-15/h3-6H,7-10H2,1-2H3,(H,16,18)(H,17,19). The second kappa shape index (κ2) is 6.05. The molecule has 2 N–H and O–H groups in total. The van der Waals surface area contributed by atoms with Gasteiger partial charge in [-0.05, 0) is 17.7 Å². The van der Waals surface area contributed by atoms with Gasteiger partial charge in [-0.3, -0.25) is 9.59 Å². The predicted octanol–water partition coefficient (Wildman–Crippen LogP) is 1.09. The van der Waals surface area contributed by atoms with Crippen molar-refractivity contribution >= 4 is 11.8 Å². The maximum atomic E-state index is 12.0. The Labute approximate surface area is 118 Å². The van der Waals surface area contributed by atoms with Crippen LogP contribution in [0.2, 0.25) is 0 Å². The van der Waals surface area contributed by atoms with Crippen LogP contribution in [0.4, 0.5) is 0 Å². The Morgan fingerprint density at radius 2 is 1.85 bits per heavy atom. The van der Waals surface area contributed by atoms with Crippen molar-refractivity contribution in [1.82, 2.24) is 10.6 Å². The second-order valence-corrected chi connectivity index (χ2v) is 5.59. The van der Waals surface area contributed by atoms with Gasteiger partial charge < -0.3 is 15.4 Å². The topological polar surface area (TPSA) is 67.4 Å². The second-order valence-electron chi connectivity index (χ2n) is 5.59. The molecule has 2 rings (SSSR count). The highest BCUT2D eigenvalue weighted by Gasteiger charge is 2.33. The zero-order valence-electron chi connectivity index (χ0n) is 11.9. The SMILES string of the molecule is CC(=O)NCc1ccc(C(=O)NCC2(C)COC2)cc1. The molecule has 1 aromatic rings. The molecule has 1 aromatic carbocycles. The zero-order valence-corrected chi connectivity index (χ0v) is 11.9. The smallest absolute Gasteiger partial charge is 0.251 e. The van der Waals surface area contributed by atoms with E-state index in [2.05, 4.69) is 17.6 Å². The number of hydrogen-bond donors (Lipinski definition) is 2. The van der Waals surface area contributed by atoms with Crippen LogP contribution in [0.25, 0.3) is 0 Å². The Bertz CT molecular complexity index is 492. The summed E-state index contributed by atoms with van der Waals surface area (Å²) in [4.78, 5) is 22.8. The van der Waals surface area contributed by atoms with Crippen molar-refractivity contribution in [2.24, 2.45) is 5.41 Å². The maximum absolute atomic E-state index is 12.0. The molecule has 0 spiro atoms. The summed E-state index contributed by atoms with van der Waals surface area (Å²) >= 11 is 0. The van der Waals surface area contributed by atoms with Gasteiger partial charge in [0.1, 0.15) is 0 Å². The minimum atomic E-state index is -0.0794. The number of hydrogen-bond acceptors (Lipinski definition) is 3. The molecule has 0 bridgehead atoms. The molecule has 0 aromatic heterocycles. The van der Waals surface area contributed by atoms with Crippen LogP contribution in [0.5, 0.6) is 0 Å². The van der Waals surface area contributed by atoms with Crippen LogP contribution in [0.15, 0.2) is 24.3 Å². The van der Waals surface area contributed by atoms with Crippen molar-refractivity contribution in [2.75, 3.05) is 19.8 Å². The third-order valence-electron chi connectivity index (χ3n) is 3.33. The van der Waals surface area contributed by atoms with Crippen molar-refractivity contribution in [3.05, 3.63) is 35.4 Å². The van der Waals surface area contributed by atoms with Crippen molar-refractivity contribution in [3.8, 4) is 0 Å².